The van der Waals surface area contributed by atoms with Gasteiger partial charge in [-0.2, -0.15) is 0 Å². The van der Waals surface area contributed by atoms with Crippen molar-refractivity contribution in [1.82, 2.24) is 0 Å². The van der Waals surface area contributed by atoms with Crippen molar-refractivity contribution in [3.63, 3.8) is 0 Å². The third-order valence-electron chi connectivity index (χ3n) is 18.1. The lowest BCUT2D eigenvalue weighted by atomic mass is 9.82. The molecule has 6 aromatic carbocycles. The Labute approximate surface area is 632 Å². The van der Waals surface area contributed by atoms with Crippen LogP contribution < -0.4 is 28.4 Å². The summed E-state index contributed by atoms with van der Waals surface area (Å²) in [5.41, 5.74) is 4.04. The second kappa shape index (κ2) is 46.9. The minimum absolute atomic E-state index is 0. The van der Waals surface area contributed by atoms with Gasteiger partial charge in [-0.3, -0.25) is 28.8 Å². The molecule has 9 rings (SSSR count). The number of rotatable bonds is 25. The number of ether oxygens (including phenoxy) is 6. The van der Waals surface area contributed by atoms with E-state index < -0.39 is 0 Å². The smallest absolute Gasteiger partial charge is 0.314 e. The summed E-state index contributed by atoms with van der Waals surface area (Å²) in [5, 5.41) is 0. The van der Waals surface area contributed by atoms with Gasteiger partial charge in [-0.1, -0.05) is 150 Å². The predicted octanol–water partition coefficient (Wildman–Crippen LogP) is 20.5. The maximum Gasteiger partial charge on any atom is 0.314 e. The third kappa shape index (κ3) is 30.4. The van der Waals surface area contributed by atoms with Crippen molar-refractivity contribution in [1.29, 1.82) is 0 Å². The quantitative estimate of drug-likeness (QED) is 0.0232. The lowest BCUT2D eigenvalue weighted by molar-refractivity contribution is -0.145. The summed E-state index contributed by atoms with van der Waals surface area (Å²) < 4.78 is 33.2. The van der Waals surface area contributed by atoms with Gasteiger partial charge in [0.25, 0.3) is 0 Å². The van der Waals surface area contributed by atoms with E-state index >= 15 is 0 Å². The van der Waals surface area contributed by atoms with E-state index in [0.29, 0.717) is 112 Å². The molecule has 0 N–H and O–H groups in total. The van der Waals surface area contributed by atoms with Gasteiger partial charge >= 0.3 is 35.8 Å². The Bertz CT molecular complexity index is 4220. The fraction of sp³-hybridized carbons (Fsp3) is 0.370. The van der Waals surface area contributed by atoms with Gasteiger partial charge in [-0.15, -0.1) is 6.42 Å². The molecule has 554 valence electrons. The molecule has 0 radical (unpaired) electrons. The van der Waals surface area contributed by atoms with Gasteiger partial charge < -0.3 is 28.4 Å². The number of para-hydroxylation sites is 2. The number of esters is 6. The van der Waals surface area contributed by atoms with E-state index in [-0.39, 0.29) is 87.0 Å². The number of carbonyl (C=O) groups excluding carboxylic acids is 6. The summed E-state index contributed by atoms with van der Waals surface area (Å²) in [5.74, 6) is 39.8. The molecule has 0 aliphatic heterocycles. The van der Waals surface area contributed by atoms with Gasteiger partial charge in [-0.05, 0) is 289 Å². The zero-order valence-corrected chi connectivity index (χ0v) is 60.1. The Morgan fingerprint density at radius 1 is 0.308 bits per heavy atom. The van der Waals surface area contributed by atoms with Crippen LogP contribution in [0, 0.1) is 131 Å². The normalized spacial score (nSPS) is 16.5. The van der Waals surface area contributed by atoms with E-state index in [1.54, 1.807) is 79.7 Å². The van der Waals surface area contributed by atoms with Crippen LogP contribution in [-0.4, -0.2) is 35.8 Å². The molecule has 0 heterocycles. The zero-order valence-electron chi connectivity index (χ0n) is 60.1. The molecule has 0 unspecified atom stereocenters. The van der Waals surface area contributed by atoms with Crippen LogP contribution in [0.15, 0.2) is 158 Å². The Morgan fingerprint density at radius 2 is 0.548 bits per heavy atom. The van der Waals surface area contributed by atoms with Crippen LogP contribution >= 0.6 is 0 Å². The Kier molecular flexibility index (Phi) is 36.1. The summed E-state index contributed by atoms with van der Waals surface area (Å²) in [6.45, 7) is 6.17. The molecule has 6 aromatic rings. The second-order valence-corrected chi connectivity index (χ2v) is 25.8. The summed E-state index contributed by atoms with van der Waals surface area (Å²) in [6.07, 6.45) is 28.5. The van der Waals surface area contributed by atoms with E-state index in [1.165, 1.54) is 81.8 Å². The van der Waals surface area contributed by atoms with Crippen molar-refractivity contribution in [2.45, 2.75) is 181 Å². The van der Waals surface area contributed by atoms with Crippen LogP contribution in [0.4, 0.5) is 0 Å². The van der Waals surface area contributed by atoms with Gasteiger partial charge in [-0.25, -0.2) is 0 Å². The van der Waals surface area contributed by atoms with Crippen LogP contribution in [-0.2, 0) is 41.6 Å². The molecule has 0 aromatic heterocycles. The highest BCUT2D eigenvalue weighted by Crippen LogP contribution is 2.35. The maximum atomic E-state index is 12.7. The molecule has 3 fully saturated rings. The number of aryl methyl sites for hydroxylation is 2. The van der Waals surface area contributed by atoms with E-state index in [2.05, 4.69) is 103 Å². The van der Waals surface area contributed by atoms with Crippen LogP contribution in [0.1, 0.15) is 206 Å². The Morgan fingerprint density at radius 3 is 0.827 bits per heavy atom. The molecular formula is C92H114O12. The monoisotopic (exact) mass is 1410 g/mol. The first-order valence-electron chi connectivity index (χ1n) is 36.6. The Balaban J connectivity index is -0.000000515. The second-order valence-electron chi connectivity index (χ2n) is 25.8. The van der Waals surface area contributed by atoms with Crippen LogP contribution in [0.5, 0.6) is 34.5 Å². The number of unbranched alkanes of at least 4 members (excludes halogenated alkanes) is 9. The lowest BCUT2D eigenvalue weighted by Gasteiger charge is -2.25. The first kappa shape index (κ1) is 79.9. The lowest BCUT2D eigenvalue weighted by Crippen LogP contribution is -2.30. The van der Waals surface area contributed by atoms with E-state index in [4.69, 9.17) is 34.8 Å². The largest absolute Gasteiger partial charge is 0.426 e. The number of benzene rings is 6. The number of carbonyl (C=O) groups is 6. The van der Waals surface area contributed by atoms with Crippen molar-refractivity contribution < 1.29 is 72.9 Å². The highest BCUT2D eigenvalue weighted by molar-refractivity contribution is 5.80. The van der Waals surface area contributed by atoms with Gasteiger partial charge in [0.05, 0.1) is 35.5 Å². The average molecular weight is 1410 g/mol. The van der Waals surface area contributed by atoms with Crippen molar-refractivity contribution in [2.75, 3.05) is 0 Å². The topological polar surface area (TPSA) is 158 Å². The fourth-order valence-corrected chi connectivity index (χ4v) is 12.1. The van der Waals surface area contributed by atoms with E-state index in [9.17, 15) is 28.8 Å². The Hall–Kier alpha value is -11.4. The SMILES string of the molecule is C#CC#CC#CC#Cc1ccc(OC(=O)C2CCC(C(=O)Oc3ccc(CCCCCCCC)cc3)CC2)cc1.CC#CC#CC#CC#Cc1ccc(OC(=O)C2CCC(C(=O)Oc3ccc(CCCCCCC)cc3)CC2)cc1.O=C(Oc1ccccc1)C1CCC(C(=O)Oc2ccccc2)CC1.[HH].[HH].[HH].[HH].[HH].[HH].[HH].[HH].[HH].[HH].[HH]. The molecule has 3 aliphatic carbocycles. The summed E-state index contributed by atoms with van der Waals surface area (Å²) in [6, 6.07) is 47.8. The van der Waals surface area contributed by atoms with E-state index in [0.717, 1.165) is 24.0 Å². The van der Waals surface area contributed by atoms with Gasteiger partial charge in [0.2, 0.25) is 0 Å². The molecule has 12 nitrogen and oxygen atoms in total. The molecular weight excluding hydrogens is 1300 g/mol. The summed E-state index contributed by atoms with van der Waals surface area (Å²) in [7, 11) is 0. The first-order chi connectivity index (χ1) is 50.9. The van der Waals surface area contributed by atoms with Crippen LogP contribution in [0.2, 0.25) is 0 Å². The summed E-state index contributed by atoms with van der Waals surface area (Å²) >= 11 is 0. The number of hydrogen-bond donors (Lipinski definition) is 0. The van der Waals surface area contributed by atoms with Crippen LogP contribution in [0.25, 0.3) is 0 Å². The minimum Gasteiger partial charge on any atom is -0.426 e. The zero-order chi connectivity index (χ0) is 73.6. The molecule has 3 aliphatic rings. The fourth-order valence-electron chi connectivity index (χ4n) is 12.1. The molecule has 0 atom stereocenters. The van der Waals surface area contributed by atoms with Gasteiger partial charge in [0.1, 0.15) is 34.5 Å². The molecule has 3 saturated carbocycles. The molecule has 0 spiro atoms. The maximum absolute atomic E-state index is 12.7. The van der Waals surface area contributed by atoms with Gasteiger partial charge in [0.15, 0.2) is 0 Å². The number of hydrogen-bond acceptors (Lipinski definition) is 12. The molecule has 0 bridgehead atoms. The highest BCUT2D eigenvalue weighted by atomic mass is 16.6. The van der Waals surface area contributed by atoms with Crippen molar-refractivity contribution in [3.8, 4) is 130 Å². The van der Waals surface area contributed by atoms with E-state index in [1.807, 2.05) is 84.9 Å². The van der Waals surface area contributed by atoms with Crippen molar-refractivity contribution >= 4 is 35.8 Å². The minimum atomic E-state index is -0.274. The first-order valence-corrected chi connectivity index (χ1v) is 36.6. The molecule has 0 amide bonds. The third-order valence-corrected chi connectivity index (χ3v) is 18.1. The average Bonchev–Trinajstić information content (AvgIpc) is 0.857. The number of terminal acetylenes is 1. The predicted molar refractivity (Wildman–Crippen MR) is 429 cm³/mol. The molecule has 104 heavy (non-hydrogen) atoms. The highest BCUT2D eigenvalue weighted by Gasteiger charge is 2.35. The van der Waals surface area contributed by atoms with Crippen LogP contribution in [0.3, 0.4) is 0 Å². The van der Waals surface area contributed by atoms with Gasteiger partial charge in [0, 0.05) is 26.8 Å². The summed E-state index contributed by atoms with van der Waals surface area (Å²) in [4.78, 5) is 75.2. The molecule has 12 heteroatoms. The van der Waals surface area contributed by atoms with Crippen molar-refractivity contribution in [3.05, 3.63) is 180 Å². The standard InChI is InChI=1S/2C36H36O4.C20H20O4.11H2/c1-3-5-7-9-10-12-14-16-30-19-27-34(28-20-30)40-36(38)32-23-21-31(22-24-32)35(37)39-33-25-17-29(18-26-33)15-13-11-8-6-4-2;1-3-5-7-9-11-13-15-29-17-25-33(26-18-29)39-35(37)31-21-23-32(24-22-31)36(38)40-34-27-19-30(20-28-34)16-14-12-10-8-6-4-2;21-19(23-17-7-3-1-4-8-17)15-11-13-16(14-12-15)20(22)24-18-9-5-2-6-10-18;;;;;;;;;;;/h17-20,25-28,31-32H,4,6,8,11,13,15,21-24H2,1-2H3;1,17-20,25-28,31-32H,4,6,8,10,12,14,16,21-24H2,2H3;1-10,15-16H,11-14H2;11*1H. The molecule has 0 saturated heterocycles. The van der Waals surface area contributed by atoms with Crippen molar-refractivity contribution in [2.24, 2.45) is 35.5 Å².